The van der Waals surface area contributed by atoms with Crippen LogP contribution in [0.1, 0.15) is 11.1 Å². The summed E-state index contributed by atoms with van der Waals surface area (Å²) in [6.45, 7) is 1.94. The van der Waals surface area contributed by atoms with E-state index in [2.05, 4.69) is 15.3 Å². The van der Waals surface area contributed by atoms with Gasteiger partial charge in [0.2, 0.25) is 0 Å². The van der Waals surface area contributed by atoms with Crippen molar-refractivity contribution in [1.82, 2.24) is 14.9 Å². The Hall–Kier alpha value is -3.13. The van der Waals surface area contributed by atoms with E-state index in [4.69, 9.17) is 4.74 Å². The second-order valence-electron chi connectivity index (χ2n) is 6.68. The summed E-state index contributed by atoms with van der Waals surface area (Å²) in [7, 11) is 0. The zero-order valence-electron chi connectivity index (χ0n) is 15.4. The number of nitrogens with one attached hydrogen (secondary N) is 1. The van der Waals surface area contributed by atoms with Crippen molar-refractivity contribution in [2.75, 3.05) is 13.1 Å². The molecule has 4 rings (SSSR count). The van der Waals surface area contributed by atoms with Gasteiger partial charge in [-0.3, -0.25) is 10.3 Å². The van der Waals surface area contributed by atoms with Crippen molar-refractivity contribution in [3.05, 3.63) is 72.3 Å². The Morgan fingerprint density at radius 1 is 1.10 bits per heavy atom. The van der Waals surface area contributed by atoms with Crippen LogP contribution < -0.4 is 10.1 Å². The molecule has 1 atom stereocenters. The first kappa shape index (κ1) is 19.2. The lowest BCUT2D eigenvalue weighted by Gasteiger charge is -2.18. The molecule has 0 saturated heterocycles. The Balaban J connectivity index is 1.44. The first-order valence-corrected chi connectivity index (χ1v) is 9.16. The molecule has 1 N–H and O–H groups in total. The summed E-state index contributed by atoms with van der Waals surface area (Å²) >= 11 is 0. The van der Waals surface area contributed by atoms with Crippen molar-refractivity contribution in [2.45, 2.75) is 18.9 Å². The third kappa shape index (κ3) is 4.65. The van der Waals surface area contributed by atoms with Gasteiger partial charge in [-0.1, -0.05) is 18.2 Å². The van der Waals surface area contributed by atoms with Crippen molar-refractivity contribution < 1.29 is 17.9 Å². The maximum Gasteiger partial charge on any atom is 0.416 e. The fraction of sp³-hybridized carbons (Fsp3) is 0.238. The van der Waals surface area contributed by atoms with Gasteiger partial charge < -0.3 is 9.30 Å². The van der Waals surface area contributed by atoms with Crippen LogP contribution in [-0.4, -0.2) is 35.1 Å². The molecule has 0 amide bonds. The minimum absolute atomic E-state index is 0.257. The molecule has 8 heteroatoms. The van der Waals surface area contributed by atoms with E-state index in [9.17, 15) is 13.2 Å². The molecule has 3 aromatic rings. The standard InChI is InChI=1S/C21H19F3N4O/c22-21(23,24)18-4-1-15(2-5-18)16-3-6-19-17(11-16)12-26-13-20(29-19)27-8-10-28-9-7-25-14-28/h1-7,9,11-12,14,20,27H,8,10,13H2. The Morgan fingerprint density at radius 3 is 2.62 bits per heavy atom. The monoisotopic (exact) mass is 400 g/mol. The number of nitrogens with zero attached hydrogens (tertiary/aromatic N) is 3. The Bertz CT molecular complexity index is 982. The van der Waals surface area contributed by atoms with E-state index in [0.29, 0.717) is 24.4 Å². The molecule has 2 heterocycles. The maximum atomic E-state index is 12.8. The van der Waals surface area contributed by atoms with Crippen LogP contribution in [-0.2, 0) is 12.7 Å². The molecule has 0 aliphatic carbocycles. The van der Waals surface area contributed by atoms with Crippen LogP contribution in [0.15, 0.2) is 66.2 Å². The molecular formula is C21H19F3N4O. The molecule has 0 spiro atoms. The number of aromatic nitrogens is 2. The lowest BCUT2D eigenvalue weighted by atomic mass is 10.0. The van der Waals surface area contributed by atoms with Gasteiger partial charge in [-0.25, -0.2) is 4.98 Å². The SMILES string of the molecule is FC(F)(F)c1ccc(-c2ccc3c(c2)C=NCC(NCCn2ccnc2)O3)cc1. The molecule has 0 saturated carbocycles. The summed E-state index contributed by atoms with van der Waals surface area (Å²) in [4.78, 5) is 8.42. The van der Waals surface area contributed by atoms with Crippen LogP contribution in [0.25, 0.3) is 11.1 Å². The smallest absolute Gasteiger partial charge is 0.416 e. The van der Waals surface area contributed by atoms with E-state index in [0.717, 1.165) is 29.8 Å². The number of imidazole rings is 1. The van der Waals surface area contributed by atoms with E-state index >= 15 is 0 Å². The highest BCUT2D eigenvalue weighted by Gasteiger charge is 2.30. The normalized spacial score (nSPS) is 16.2. The second-order valence-corrected chi connectivity index (χ2v) is 6.68. The van der Waals surface area contributed by atoms with Gasteiger partial charge in [-0.15, -0.1) is 0 Å². The largest absolute Gasteiger partial charge is 0.473 e. The van der Waals surface area contributed by atoms with Crippen LogP contribution in [0, 0.1) is 0 Å². The third-order valence-corrected chi connectivity index (χ3v) is 4.63. The first-order valence-electron chi connectivity index (χ1n) is 9.16. The molecule has 0 fully saturated rings. The molecular weight excluding hydrogens is 381 g/mol. The number of hydrogen-bond donors (Lipinski definition) is 1. The molecule has 2 aromatic carbocycles. The van der Waals surface area contributed by atoms with E-state index in [-0.39, 0.29) is 6.23 Å². The van der Waals surface area contributed by atoms with Crippen LogP contribution in [0.3, 0.4) is 0 Å². The number of halogens is 3. The van der Waals surface area contributed by atoms with Crippen LogP contribution in [0.4, 0.5) is 13.2 Å². The highest BCUT2D eigenvalue weighted by molar-refractivity contribution is 5.86. The lowest BCUT2D eigenvalue weighted by molar-refractivity contribution is -0.137. The summed E-state index contributed by atoms with van der Waals surface area (Å²) in [5.74, 6) is 0.682. The Morgan fingerprint density at radius 2 is 1.90 bits per heavy atom. The van der Waals surface area contributed by atoms with Gasteiger partial charge in [0.25, 0.3) is 0 Å². The maximum absolute atomic E-state index is 12.8. The van der Waals surface area contributed by atoms with Gasteiger partial charge >= 0.3 is 6.18 Å². The number of alkyl halides is 3. The summed E-state index contributed by atoms with van der Waals surface area (Å²) < 4.78 is 46.2. The van der Waals surface area contributed by atoms with Crippen LogP contribution in [0.2, 0.25) is 0 Å². The molecule has 1 aromatic heterocycles. The van der Waals surface area contributed by atoms with Crippen molar-refractivity contribution in [2.24, 2.45) is 4.99 Å². The minimum atomic E-state index is -4.34. The lowest BCUT2D eigenvalue weighted by Crippen LogP contribution is -2.38. The highest BCUT2D eigenvalue weighted by atomic mass is 19.4. The van der Waals surface area contributed by atoms with Gasteiger partial charge in [-0.05, 0) is 35.4 Å². The van der Waals surface area contributed by atoms with Crippen LogP contribution >= 0.6 is 0 Å². The van der Waals surface area contributed by atoms with Crippen LogP contribution in [0.5, 0.6) is 5.75 Å². The van der Waals surface area contributed by atoms with Crippen molar-refractivity contribution in [1.29, 1.82) is 0 Å². The summed E-state index contributed by atoms with van der Waals surface area (Å²) in [5, 5.41) is 3.32. The molecule has 5 nitrogen and oxygen atoms in total. The highest BCUT2D eigenvalue weighted by Crippen LogP contribution is 2.32. The number of rotatable bonds is 5. The number of hydrogen-bond acceptors (Lipinski definition) is 4. The molecule has 150 valence electrons. The fourth-order valence-electron chi connectivity index (χ4n) is 3.11. The molecule has 1 unspecified atom stereocenters. The van der Waals surface area contributed by atoms with E-state index in [1.165, 1.54) is 12.1 Å². The van der Waals surface area contributed by atoms with E-state index in [1.807, 2.05) is 29.0 Å². The third-order valence-electron chi connectivity index (χ3n) is 4.63. The predicted molar refractivity (Wildman–Crippen MR) is 104 cm³/mol. The van der Waals surface area contributed by atoms with E-state index in [1.54, 1.807) is 18.7 Å². The Kier molecular flexibility index (Phi) is 5.35. The number of aliphatic imine (C=N–C) groups is 1. The van der Waals surface area contributed by atoms with Gasteiger partial charge in [-0.2, -0.15) is 13.2 Å². The zero-order chi connectivity index (χ0) is 20.3. The minimum Gasteiger partial charge on any atom is -0.473 e. The molecule has 0 radical (unpaired) electrons. The summed E-state index contributed by atoms with van der Waals surface area (Å²) in [6, 6.07) is 10.7. The summed E-state index contributed by atoms with van der Waals surface area (Å²) in [6.07, 6.45) is 2.52. The van der Waals surface area contributed by atoms with Gasteiger partial charge in [0.1, 0.15) is 5.75 Å². The summed E-state index contributed by atoms with van der Waals surface area (Å²) in [5.41, 5.74) is 1.64. The second kappa shape index (κ2) is 8.08. The topological polar surface area (TPSA) is 51.4 Å². The molecule has 1 aliphatic rings. The van der Waals surface area contributed by atoms with Crippen molar-refractivity contribution in [3.63, 3.8) is 0 Å². The van der Waals surface area contributed by atoms with E-state index < -0.39 is 11.7 Å². The van der Waals surface area contributed by atoms with Gasteiger partial charge in [0, 0.05) is 37.3 Å². The first-order chi connectivity index (χ1) is 14.0. The zero-order valence-corrected chi connectivity index (χ0v) is 15.4. The molecule has 0 bridgehead atoms. The van der Waals surface area contributed by atoms with Gasteiger partial charge in [0.15, 0.2) is 6.23 Å². The predicted octanol–water partition coefficient (Wildman–Crippen LogP) is 4.00. The van der Waals surface area contributed by atoms with Crippen molar-refractivity contribution >= 4 is 6.21 Å². The quantitative estimate of drug-likeness (QED) is 0.705. The fourth-order valence-corrected chi connectivity index (χ4v) is 3.11. The Labute approximate surface area is 165 Å². The molecule has 1 aliphatic heterocycles. The molecule has 29 heavy (non-hydrogen) atoms. The average molecular weight is 400 g/mol. The number of fused-ring (bicyclic) bond motifs is 1. The van der Waals surface area contributed by atoms with Gasteiger partial charge in [0.05, 0.1) is 18.4 Å². The number of benzene rings is 2. The van der Waals surface area contributed by atoms with Crippen molar-refractivity contribution in [3.8, 4) is 16.9 Å². The number of ether oxygens (including phenoxy) is 1. The average Bonchev–Trinajstić information content (AvgIpc) is 3.13.